The highest BCUT2D eigenvalue weighted by molar-refractivity contribution is 7.98. The van der Waals surface area contributed by atoms with Gasteiger partial charge in [-0.3, -0.25) is 4.79 Å². The molecule has 0 fully saturated rings. The van der Waals surface area contributed by atoms with Crippen LogP contribution in [0, 0.1) is 0 Å². The lowest BCUT2D eigenvalue weighted by Gasteiger charge is -2.05. The second kappa shape index (κ2) is 7.80. The van der Waals surface area contributed by atoms with Gasteiger partial charge in [0.15, 0.2) is 5.78 Å². The highest BCUT2D eigenvalue weighted by Crippen LogP contribution is 2.24. The molecule has 0 spiro atoms. The molecule has 0 N–H and O–H groups in total. The second-order valence-electron chi connectivity index (χ2n) is 4.78. The molecular weight excluding hydrogens is 296 g/mol. The quantitative estimate of drug-likeness (QED) is 0.451. The normalized spacial score (nSPS) is 10.3. The molecule has 2 aromatic carbocycles. The monoisotopic (exact) mass is 314 g/mol. The van der Waals surface area contributed by atoms with E-state index in [0.29, 0.717) is 12.0 Å². The van der Waals surface area contributed by atoms with E-state index in [9.17, 15) is 9.59 Å². The number of hydrogen-bond acceptors (Lipinski definition) is 4. The summed E-state index contributed by atoms with van der Waals surface area (Å²) in [5.74, 6) is 0.586. The van der Waals surface area contributed by atoms with Gasteiger partial charge >= 0.3 is 5.97 Å². The predicted octanol–water partition coefficient (Wildman–Crippen LogP) is 4.36. The summed E-state index contributed by atoms with van der Waals surface area (Å²) in [7, 11) is 1.38. The minimum atomic E-state index is -0.325. The Balaban J connectivity index is 2.01. The van der Waals surface area contributed by atoms with Gasteiger partial charge in [-0.2, -0.15) is 0 Å². The number of rotatable bonds is 6. The molecule has 0 saturated heterocycles. The van der Waals surface area contributed by atoms with Crippen LogP contribution in [-0.2, 0) is 10.5 Å². The molecule has 0 bridgehead atoms. The summed E-state index contributed by atoms with van der Waals surface area (Å²) in [5, 5.41) is 0. The van der Waals surface area contributed by atoms with Crippen molar-refractivity contribution in [1.29, 1.82) is 0 Å². The zero-order valence-electron chi connectivity index (χ0n) is 12.7. The standard InChI is InChI=1S/C18H18O3S/c1-3-17(19)14-7-9-16(10-8-14)22-12-13-5-4-6-15(11-13)18(20)21-2/h4-11H,3,12H2,1-2H3. The SMILES string of the molecule is CCC(=O)c1ccc(SCc2cccc(C(=O)OC)c2)cc1. The van der Waals surface area contributed by atoms with Gasteiger partial charge in [0.1, 0.15) is 0 Å². The highest BCUT2D eigenvalue weighted by atomic mass is 32.2. The number of thioether (sulfide) groups is 1. The number of ether oxygens (including phenoxy) is 1. The van der Waals surface area contributed by atoms with E-state index in [0.717, 1.165) is 21.8 Å². The fourth-order valence-electron chi connectivity index (χ4n) is 2.01. The number of methoxy groups -OCH3 is 1. The molecule has 0 aliphatic carbocycles. The fraction of sp³-hybridized carbons (Fsp3) is 0.222. The number of hydrogen-bond donors (Lipinski definition) is 0. The average molecular weight is 314 g/mol. The predicted molar refractivity (Wildman–Crippen MR) is 88.4 cm³/mol. The van der Waals surface area contributed by atoms with Crippen molar-refractivity contribution in [1.82, 2.24) is 0 Å². The van der Waals surface area contributed by atoms with Crippen molar-refractivity contribution < 1.29 is 14.3 Å². The Labute approximate surface area is 134 Å². The summed E-state index contributed by atoms with van der Waals surface area (Å²) in [6.45, 7) is 1.86. The van der Waals surface area contributed by atoms with Crippen LogP contribution >= 0.6 is 11.8 Å². The first kappa shape index (κ1) is 16.3. The number of carbonyl (C=O) groups is 2. The van der Waals surface area contributed by atoms with E-state index in [-0.39, 0.29) is 11.8 Å². The van der Waals surface area contributed by atoms with Gasteiger partial charge in [0.2, 0.25) is 0 Å². The summed E-state index contributed by atoms with van der Waals surface area (Å²) in [6.07, 6.45) is 0.521. The topological polar surface area (TPSA) is 43.4 Å². The van der Waals surface area contributed by atoms with E-state index in [1.807, 2.05) is 49.4 Å². The van der Waals surface area contributed by atoms with Gasteiger partial charge in [-0.15, -0.1) is 11.8 Å². The zero-order chi connectivity index (χ0) is 15.9. The summed E-state index contributed by atoms with van der Waals surface area (Å²) in [5.41, 5.74) is 2.37. The maximum Gasteiger partial charge on any atom is 0.337 e. The van der Waals surface area contributed by atoms with Crippen molar-refractivity contribution in [2.75, 3.05) is 7.11 Å². The molecule has 0 aromatic heterocycles. The molecule has 0 aliphatic heterocycles. The van der Waals surface area contributed by atoms with Crippen molar-refractivity contribution in [3.8, 4) is 0 Å². The first-order chi connectivity index (χ1) is 10.6. The third kappa shape index (κ3) is 4.21. The van der Waals surface area contributed by atoms with E-state index < -0.39 is 0 Å². The van der Waals surface area contributed by atoms with Crippen LogP contribution in [0.25, 0.3) is 0 Å². The molecule has 2 rings (SSSR count). The van der Waals surface area contributed by atoms with Crippen LogP contribution in [0.2, 0.25) is 0 Å². The maximum absolute atomic E-state index is 11.6. The molecule has 22 heavy (non-hydrogen) atoms. The first-order valence-corrected chi connectivity index (χ1v) is 8.06. The molecule has 0 amide bonds. The van der Waals surface area contributed by atoms with Crippen LogP contribution in [-0.4, -0.2) is 18.9 Å². The average Bonchev–Trinajstić information content (AvgIpc) is 2.59. The number of Topliss-reactive ketones (excluding diaryl/α,β-unsaturated/α-hetero) is 1. The van der Waals surface area contributed by atoms with E-state index >= 15 is 0 Å². The van der Waals surface area contributed by atoms with Crippen LogP contribution in [0.3, 0.4) is 0 Å². The molecule has 0 radical (unpaired) electrons. The van der Waals surface area contributed by atoms with Gasteiger partial charge in [-0.1, -0.05) is 31.2 Å². The second-order valence-corrected chi connectivity index (χ2v) is 5.83. The molecule has 0 atom stereocenters. The van der Waals surface area contributed by atoms with Crippen molar-refractivity contribution >= 4 is 23.5 Å². The molecular formula is C18H18O3S. The third-order valence-electron chi connectivity index (χ3n) is 3.25. The summed E-state index contributed by atoms with van der Waals surface area (Å²) in [4.78, 5) is 24.2. The molecule has 0 heterocycles. The Morgan fingerprint density at radius 2 is 1.77 bits per heavy atom. The Bertz CT molecular complexity index is 662. The molecule has 3 nitrogen and oxygen atoms in total. The van der Waals surface area contributed by atoms with Crippen molar-refractivity contribution in [2.24, 2.45) is 0 Å². The maximum atomic E-state index is 11.6. The van der Waals surface area contributed by atoms with Gasteiger partial charge in [0, 0.05) is 22.6 Å². The zero-order valence-corrected chi connectivity index (χ0v) is 13.5. The summed E-state index contributed by atoms with van der Waals surface area (Å²) < 4.78 is 4.72. The third-order valence-corrected chi connectivity index (χ3v) is 4.33. The molecule has 0 aliphatic rings. The molecule has 2 aromatic rings. The fourth-order valence-corrected chi connectivity index (χ4v) is 2.86. The van der Waals surface area contributed by atoms with Gasteiger partial charge in [0.25, 0.3) is 0 Å². The Morgan fingerprint density at radius 1 is 1.05 bits per heavy atom. The van der Waals surface area contributed by atoms with Crippen molar-refractivity contribution in [2.45, 2.75) is 24.0 Å². The number of carbonyl (C=O) groups excluding carboxylic acids is 2. The minimum absolute atomic E-state index is 0.155. The highest BCUT2D eigenvalue weighted by Gasteiger charge is 2.06. The Hall–Kier alpha value is -2.07. The summed E-state index contributed by atoms with van der Waals surface area (Å²) in [6, 6.07) is 15.0. The van der Waals surface area contributed by atoms with E-state index in [2.05, 4.69) is 0 Å². The van der Waals surface area contributed by atoms with Crippen molar-refractivity contribution in [3.63, 3.8) is 0 Å². The van der Waals surface area contributed by atoms with E-state index in [1.165, 1.54) is 7.11 Å². The summed E-state index contributed by atoms with van der Waals surface area (Å²) >= 11 is 1.67. The lowest BCUT2D eigenvalue weighted by Crippen LogP contribution is -2.01. The van der Waals surface area contributed by atoms with Crippen LogP contribution in [0.1, 0.15) is 39.6 Å². The number of ketones is 1. The first-order valence-electron chi connectivity index (χ1n) is 7.07. The van der Waals surface area contributed by atoms with Crippen LogP contribution in [0.5, 0.6) is 0 Å². The van der Waals surface area contributed by atoms with E-state index in [1.54, 1.807) is 17.8 Å². The van der Waals surface area contributed by atoms with Crippen LogP contribution < -0.4 is 0 Å². The molecule has 0 saturated carbocycles. The van der Waals surface area contributed by atoms with Gasteiger partial charge in [-0.05, 0) is 29.8 Å². The lowest BCUT2D eigenvalue weighted by atomic mass is 10.1. The molecule has 4 heteroatoms. The molecule has 0 unspecified atom stereocenters. The van der Waals surface area contributed by atoms with Gasteiger partial charge in [0.05, 0.1) is 12.7 Å². The lowest BCUT2D eigenvalue weighted by molar-refractivity contribution is 0.0600. The Kier molecular flexibility index (Phi) is 5.78. The smallest absolute Gasteiger partial charge is 0.337 e. The van der Waals surface area contributed by atoms with Gasteiger partial charge < -0.3 is 4.74 Å². The number of esters is 1. The Morgan fingerprint density at radius 3 is 2.41 bits per heavy atom. The van der Waals surface area contributed by atoms with E-state index in [4.69, 9.17) is 4.74 Å². The largest absolute Gasteiger partial charge is 0.465 e. The van der Waals surface area contributed by atoms with Crippen LogP contribution in [0.4, 0.5) is 0 Å². The van der Waals surface area contributed by atoms with Gasteiger partial charge in [-0.25, -0.2) is 4.79 Å². The minimum Gasteiger partial charge on any atom is -0.465 e. The number of benzene rings is 2. The molecule has 114 valence electrons. The van der Waals surface area contributed by atoms with Crippen LogP contribution in [0.15, 0.2) is 53.4 Å². The van der Waals surface area contributed by atoms with Crippen molar-refractivity contribution in [3.05, 3.63) is 65.2 Å².